The van der Waals surface area contributed by atoms with Crippen molar-refractivity contribution in [1.29, 1.82) is 0 Å². The van der Waals surface area contributed by atoms with Crippen LogP contribution in [0.4, 0.5) is 5.82 Å². The lowest BCUT2D eigenvalue weighted by Gasteiger charge is -2.19. The SMILES string of the molecule is COc1ccc(-c2nc(N)cc(C(C)(C)C)n2)cc1C. The highest BCUT2D eigenvalue weighted by molar-refractivity contribution is 5.60. The van der Waals surface area contributed by atoms with Gasteiger partial charge in [-0.2, -0.15) is 0 Å². The fourth-order valence-corrected chi connectivity index (χ4v) is 2.00. The van der Waals surface area contributed by atoms with Crippen LogP contribution in [0, 0.1) is 6.92 Å². The maximum absolute atomic E-state index is 5.91. The van der Waals surface area contributed by atoms with Gasteiger partial charge in [0.25, 0.3) is 0 Å². The summed E-state index contributed by atoms with van der Waals surface area (Å²) in [4.78, 5) is 8.98. The van der Waals surface area contributed by atoms with Gasteiger partial charge in [-0.15, -0.1) is 0 Å². The van der Waals surface area contributed by atoms with Gasteiger partial charge in [0.15, 0.2) is 5.82 Å². The van der Waals surface area contributed by atoms with Crippen molar-refractivity contribution in [3.8, 4) is 17.1 Å². The first-order valence-electron chi connectivity index (χ1n) is 6.61. The van der Waals surface area contributed by atoms with Gasteiger partial charge in [-0.05, 0) is 30.7 Å². The smallest absolute Gasteiger partial charge is 0.161 e. The van der Waals surface area contributed by atoms with E-state index in [0.717, 1.165) is 22.6 Å². The van der Waals surface area contributed by atoms with Gasteiger partial charge in [0.1, 0.15) is 11.6 Å². The largest absolute Gasteiger partial charge is 0.496 e. The molecule has 2 N–H and O–H groups in total. The van der Waals surface area contributed by atoms with Crippen molar-refractivity contribution < 1.29 is 4.74 Å². The van der Waals surface area contributed by atoms with Gasteiger partial charge < -0.3 is 10.5 Å². The second-order valence-electron chi connectivity index (χ2n) is 5.94. The number of nitrogen functional groups attached to an aromatic ring is 1. The quantitative estimate of drug-likeness (QED) is 0.910. The summed E-state index contributed by atoms with van der Waals surface area (Å²) < 4.78 is 5.27. The first kappa shape index (κ1) is 14.3. The Balaban J connectivity index is 2.53. The molecule has 0 atom stereocenters. The van der Waals surface area contributed by atoms with Gasteiger partial charge in [-0.25, -0.2) is 9.97 Å². The molecule has 0 spiro atoms. The average Bonchev–Trinajstić information content (AvgIpc) is 2.37. The molecule has 0 amide bonds. The van der Waals surface area contributed by atoms with Crippen LogP contribution in [-0.4, -0.2) is 17.1 Å². The molecule has 0 bridgehead atoms. The van der Waals surface area contributed by atoms with E-state index < -0.39 is 0 Å². The van der Waals surface area contributed by atoms with Crippen LogP contribution >= 0.6 is 0 Å². The molecule has 0 fully saturated rings. The van der Waals surface area contributed by atoms with Gasteiger partial charge in [-0.1, -0.05) is 20.8 Å². The van der Waals surface area contributed by atoms with Gasteiger partial charge in [0.05, 0.1) is 12.8 Å². The molecule has 106 valence electrons. The van der Waals surface area contributed by atoms with Gasteiger partial charge >= 0.3 is 0 Å². The number of ether oxygens (including phenoxy) is 1. The number of nitrogens with zero attached hydrogens (tertiary/aromatic N) is 2. The minimum absolute atomic E-state index is 0.0622. The fourth-order valence-electron chi connectivity index (χ4n) is 2.00. The van der Waals surface area contributed by atoms with Gasteiger partial charge in [0, 0.05) is 17.0 Å². The second-order valence-corrected chi connectivity index (χ2v) is 5.94. The fraction of sp³-hybridized carbons (Fsp3) is 0.375. The van der Waals surface area contributed by atoms with Crippen LogP contribution in [0.2, 0.25) is 0 Å². The number of benzene rings is 1. The molecule has 1 heterocycles. The number of hydrogen-bond acceptors (Lipinski definition) is 4. The average molecular weight is 271 g/mol. The molecular weight excluding hydrogens is 250 g/mol. The molecule has 0 unspecified atom stereocenters. The van der Waals surface area contributed by atoms with Crippen molar-refractivity contribution >= 4 is 5.82 Å². The number of aromatic nitrogens is 2. The first-order valence-corrected chi connectivity index (χ1v) is 6.61. The molecule has 4 heteroatoms. The van der Waals surface area contributed by atoms with Crippen LogP contribution in [0.3, 0.4) is 0 Å². The Kier molecular flexibility index (Phi) is 3.66. The minimum Gasteiger partial charge on any atom is -0.496 e. The standard InChI is InChI=1S/C16H21N3O/c1-10-8-11(6-7-12(10)20-5)15-18-13(16(2,3)4)9-14(17)19-15/h6-9H,1-5H3,(H2,17,18,19). The molecule has 4 nitrogen and oxygen atoms in total. The second kappa shape index (κ2) is 5.12. The van der Waals surface area contributed by atoms with Crippen LogP contribution < -0.4 is 10.5 Å². The molecule has 0 aliphatic rings. The van der Waals surface area contributed by atoms with Crippen LogP contribution in [0.5, 0.6) is 5.75 Å². The Morgan fingerprint density at radius 2 is 1.80 bits per heavy atom. The maximum atomic E-state index is 5.91. The molecule has 0 saturated carbocycles. The highest BCUT2D eigenvalue weighted by atomic mass is 16.5. The van der Waals surface area contributed by atoms with Crippen LogP contribution in [-0.2, 0) is 5.41 Å². The van der Waals surface area contributed by atoms with Crippen LogP contribution in [0.25, 0.3) is 11.4 Å². The first-order chi connectivity index (χ1) is 9.31. The Morgan fingerprint density at radius 1 is 1.10 bits per heavy atom. The zero-order valence-electron chi connectivity index (χ0n) is 12.7. The molecule has 1 aromatic heterocycles. The maximum Gasteiger partial charge on any atom is 0.161 e. The zero-order chi connectivity index (χ0) is 14.9. The van der Waals surface area contributed by atoms with Crippen LogP contribution in [0.15, 0.2) is 24.3 Å². The number of methoxy groups -OCH3 is 1. The summed E-state index contributed by atoms with van der Waals surface area (Å²) in [6.07, 6.45) is 0. The topological polar surface area (TPSA) is 61.0 Å². The van der Waals surface area contributed by atoms with E-state index in [0.29, 0.717) is 11.6 Å². The number of anilines is 1. The predicted molar refractivity (Wildman–Crippen MR) is 81.9 cm³/mol. The number of nitrogens with two attached hydrogens (primary N) is 1. The molecule has 1 aromatic carbocycles. The van der Waals surface area contributed by atoms with Crippen molar-refractivity contribution in [3.05, 3.63) is 35.5 Å². The highest BCUT2D eigenvalue weighted by Crippen LogP contribution is 2.27. The van der Waals surface area contributed by atoms with Gasteiger partial charge in [-0.3, -0.25) is 0 Å². The van der Waals surface area contributed by atoms with E-state index in [9.17, 15) is 0 Å². The van der Waals surface area contributed by atoms with Crippen molar-refractivity contribution in [3.63, 3.8) is 0 Å². The Hall–Kier alpha value is -2.10. The van der Waals surface area contributed by atoms with Crippen molar-refractivity contribution in [1.82, 2.24) is 9.97 Å². The van der Waals surface area contributed by atoms with Crippen LogP contribution in [0.1, 0.15) is 32.0 Å². The number of hydrogen-bond donors (Lipinski definition) is 1. The summed E-state index contributed by atoms with van der Waals surface area (Å²) in [5.41, 5.74) is 8.78. The van der Waals surface area contributed by atoms with E-state index in [1.807, 2.05) is 31.2 Å². The van der Waals surface area contributed by atoms with E-state index in [-0.39, 0.29) is 5.41 Å². The van der Waals surface area contributed by atoms with Crippen molar-refractivity contribution in [2.45, 2.75) is 33.1 Å². The Labute approximate surface area is 120 Å². The summed E-state index contributed by atoms with van der Waals surface area (Å²) >= 11 is 0. The van der Waals surface area contributed by atoms with E-state index in [4.69, 9.17) is 10.5 Å². The normalized spacial score (nSPS) is 11.4. The summed E-state index contributed by atoms with van der Waals surface area (Å²) in [7, 11) is 1.66. The number of rotatable bonds is 2. The molecule has 20 heavy (non-hydrogen) atoms. The van der Waals surface area contributed by atoms with E-state index >= 15 is 0 Å². The third kappa shape index (κ3) is 2.90. The molecule has 0 saturated heterocycles. The molecule has 2 aromatic rings. The van der Waals surface area contributed by atoms with E-state index in [1.165, 1.54) is 0 Å². The molecule has 0 aliphatic heterocycles. The van der Waals surface area contributed by atoms with Crippen molar-refractivity contribution in [2.24, 2.45) is 0 Å². The lowest BCUT2D eigenvalue weighted by atomic mass is 9.92. The molecule has 0 radical (unpaired) electrons. The van der Waals surface area contributed by atoms with E-state index in [2.05, 4.69) is 30.7 Å². The monoisotopic (exact) mass is 271 g/mol. The highest BCUT2D eigenvalue weighted by Gasteiger charge is 2.18. The summed E-state index contributed by atoms with van der Waals surface area (Å²) in [5, 5.41) is 0. The zero-order valence-corrected chi connectivity index (χ0v) is 12.7. The number of aryl methyl sites for hydroxylation is 1. The Bertz CT molecular complexity index is 630. The molecular formula is C16H21N3O. The summed E-state index contributed by atoms with van der Waals surface area (Å²) in [5.74, 6) is 2.00. The predicted octanol–water partition coefficient (Wildman–Crippen LogP) is 3.34. The van der Waals surface area contributed by atoms with Crippen molar-refractivity contribution in [2.75, 3.05) is 12.8 Å². The molecule has 2 rings (SSSR count). The molecule has 0 aliphatic carbocycles. The van der Waals surface area contributed by atoms with Gasteiger partial charge in [0.2, 0.25) is 0 Å². The summed E-state index contributed by atoms with van der Waals surface area (Å²) in [6.45, 7) is 8.33. The van der Waals surface area contributed by atoms with E-state index in [1.54, 1.807) is 7.11 Å². The lowest BCUT2D eigenvalue weighted by Crippen LogP contribution is -2.15. The lowest BCUT2D eigenvalue weighted by molar-refractivity contribution is 0.412. The Morgan fingerprint density at radius 3 is 2.35 bits per heavy atom. The minimum atomic E-state index is -0.0622. The third-order valence-electron chi connectivity index (χ3n) is 3.17. The third-order valence-corrected chi connectivity index (χ3v) is 3.17. The summed E-state index contributed by atoms with van der Waals surface area (Å²) in [6, 6.07) is 7.72.